The number of guanidine groups is 1. The first-order chi connectivity index (χ1) is 13.9. The minimum absolute atomic E-state index is 0.0291. The van der Waals surface area contributed by atoms with Gasteiger partial charge >= 0.3 is 5.97 Å². The molecule has 0 radical (unpaired) electrons. The zero-order valence-corrected chi connectivity index (χ0v) is 16.7. The van der Waals surface area contributed by atoms with Crippen LogP contribution in [0, 0.1) is 0 Å². The standard InChI is InChI=1S/C16H30N8O6/c1-8(13(27)24-10(15(29)30)3-2-6-21-16(19)20)23-12(26)7-22-14(28)9(17)4-5-11(18)25/h8-10H,2-7,17H2,1H3,(H2,18,25)(H,22,28)(H,23,26)(H,24,27)(H,29,30)(H4,19,20,21). The van der Waals surface area contributed by atoms with Gasteiger partial charge in [0, 0.05) is 13.0 Å². The number of carboxylic acids is 1. The number of primary amides is 1. The Balaban J connectivity index is 4.43. The average molecular weight is 430 g/mol. The molecule has 0 aliphatic carbocycles. The number of carbonyl (C=O) groups is 5. The van der Waals surface area contributed by atoms with Crippen molar-refractivity contribution in [3.63, 3.8) is 0 Å². The highest BCUT2D eigenvalue weighted by Crippen LogP contribution is 2.00. The molecule has 0 aliphatic rings. The van der Waals surface area contributed by atoms with Crippen molar-refractivity contribution in [3.05, 3.63) is 0 Å². The van der Waals surface area contributed by atoms with Gasteiger partial charge in [-0.15, -0.1) is 0 Å². The van der Waals surface area contributed by atoms with Crippen LogP contribution in [0.5, 0.6) is 0 Å². The zero-order valence-electron chi connectivity index (χ0n) is 16.7. The SMILES string of the molecule is CC(NC(=O)CNC(=O)C(N)CCC(N)=O)C(=O)NC(CCCN=C(N)N)C(=O)O. The van der Waals surface area contributed by atoms with Gasteiger partial charge in [-0.3, -0.25) is 24.2 Å². The third-order valence-corrected chi connectivity index (χ3v) is 3.79. The van der Waals surface area contributed by atoms with Crippen molar-refractivity contribution >= 4 is 35.6 Å². The lowest BCUT2D eigenvalue weighted by atomic mass is 10.1. The Hall–Kier alpha value is -3.42. The van der Waals surface area contributed by atoms with Crippen molar-refractivity contribution in [2.45, 2.75) is 50.7 Å². The second-order valence-corrected chi connectivity index (χ2v) is 6.47. The molecular formula is C16H30N8O6. The molecule has 0 aliphatic heterocycles. The van der Waals surface area contributed by atoms with Crippen molar-refractivity contribution in [2.75, 3.05) is 13.1 Å². The lowest BCUT2D eigenvalue weighted by Crippen LogP contribution is -2.52. The molecule has 0 rings (SSSR count). The molecule has 0 bridgehead atoms. The highest BCUT2D eigenvalue weighted by Gasteiger charge is 2.24. The van der Waals surface area contributed by atoms with Crippen LogP contribution in [-0.4, -0.2) is 71.9 Å². The van der Waals surface area contributed by atoms with Crippen LogP contribution in [0.2, 0.25) is 0 Å². The van der Waals surface area contributed by atoms with Crippen LogP contribution in [0.25, 0.3) is 0 Å². The van der Waals surface area contributed by atoms with E-state index in [-0.39, 0.29) is 31.8 Å². The predicted octanol–water partition coefficient (Wildman–Crippen LogP) is -4.18. The molecule has 0 aromatic heterocycles. The number of rotatable bonds is 14. The molecule has 14 heteroatoms. The summed E-state index contributed by atoms with van der Waals surface area (Å²) in [5.41, 5.74) is 20.9. The Morgan fingerprint density at radius 3 is 2.17 bits per heavy atom. The fraction of sp³-hybridized carbons (Fsp3) is 0.625. The molecule has 0 fully saturated rings. The number of nitrogens with zero attached hydrogens (tertiary/aromatic N) is 1. The van der Waals surface area contributed by atoms with Crippen LogP contribution >= 0.6 is 0 Å². The summed E-state index contributed by atoms with van der Waals surface area (Å²) in [6.45, 7) is 1.10. The van der Waals surface area contributed by atoms with Gasteiger partial charge in [-0.1, -0.05) is 0 Å². The monoisotopic (exact) mass is 430 g/mol. The highest BCUT2D eigenvalue weighted by molar-refractivity contribution is 5.92. The van der Waals surface area contributed by atoms with Crippen LogP contribution in [0.15, 0.2) is 4.99 Å². The summed E-state index contributed by atoms with van der Waals surface area (Å²) >= 11 is 0. The van der Waals surface area contributed by atoms with E-state index in [1.807, 2.05) is 0 Å². The van der Waals surface area contributed by atoms with E-state index in [0.29, 0.717) is 6.42 Å². The van der Waals surface area contributed by atoms with E-state index in [0.717, 1.165) is 0 Å². The molecule has 14 nitrogen and oxygen atoms in total. The van der Waals surface area contributed by atoms with Gasteiger partial charge in [-0.05, 0) is 26.2 Å². The van der Waals surface area contributed by atoms with Crippen LogP contribution in [0.3, 0.4) is 0 Å². The third-order valence-electron chi connectivity index (χ3n) is 3.79. The Bertz CT molecular complexity index is 664. The van der Waals surface area contributed by atoms with Gasteiger partial charge in [0.2, 0.25) is 23.6 Å². The van der Waals surface area contributed by atoms with Gasteiger partial charge in [0.1, 0.15) is 12.1 Å². The van der Waals surface area contributed by atoms with E-state index < -0.39 is 54.3 Å². The lowest BCUT2D eigenvalue weighted by Gasteiger charge is -2.19. The second-order valence-electron chi connectivity index (χ2n) is 6.47. The average Bonchev–Trinajstić information content (AvgIpc) is 2.65. The predicted molar refractivity (Wildman–Crippen MR) is 106 cm³/mol. The fourth-order valence-corrected chi connectivity index (χ4v) is 2.14. The maximum Gasteiger partial charge on any atom is 0.326 e. The Kier molecular flexibility index (Phi) is 12.1. The molecule has 0 saturated carbocycles. The molecule has 170 valence electrons. The van der Waals surface area contributed by atoms with E-state index >= 15 is 0 Å². The Morgan fingerprint density at radius 2 is 1.63 bits per heavy atom. The van der Waals surface area contributed by atoms with E-state index in [1.165, 1.54) is 6.92 Å². The topological polar surface area (TPSA) is 258 Å². The molecule has 0 spiro atoms. The van der Waals surface area contributed by atoms with Crippen LogP contribution < -0.4 is 38.9 Å². The van der Waals surface area contributed by atoms with Gasteiger partial charge in [0.05, 0.1) is 12.6 Å². The maximum absolute atomic E-state index is 12.1. The van der Waals surface area contributed by atoms with E-state index in [9.17, 15) is 29.1 Å². The summed E-state index contributed by atoms with van der Waals surface area (Å²) in [6.07, 6.45) is 0.353. The van der Waals surface area contributed by atoms with Gasteiger partial charge in [0.15, 0.2) is 5.96 Å². The number of hydrogen-bond acceptors (Lipinski definition) is 7. The molecule has 4 amide bonds. The second kappa shape index (κ2) is 13.7. The number of carbonyl (C=O) groups excluding carboxylic acids is 4. The number of carboxylic acid groups (broad SMARTS) is 1. The maximum atomic E-state index is 12.1. The number of aliphatic imine (C=N–C) groups is 1. The summed E-state index contributed by atoms with van der Waals surface area (Å²) in [5, 5.41) is 16.1. The van der Waals surface area contributed by atoms with Crippen molar-refractivity contribution in [1.82, 2.24) is 16.0 Å². The summed E-state index contributed by atoms with van der Waals surface area (Å²) < 4.78 is 0. The smallest absolute Gasteiger partial charge is 0.326 e. The van der Waals surface area contributed by atoms with Crippen molar-refractivity contribution < 1.29 is 29.1 Å². The van der Waals surface area contributed by atoms with Crippen LogP contribution in [0.1, 0.15) is 32.6 Å². The Labute approximate surface area is 173 Å². The first-order valence-corrected chi connectivity index (χ1v) is 9.13. The largest absolute Gasteiger partial charge is 0.480 e. The number of amides is 4. The van der Waals surface area contributed by atoms with Crippen molar-refractivity contribution in [1.29, 1.82) is 0 Å². The minimum Gasteiger partial charge on any atom is -0.480 e. The number of aliphatic carboxylic acids is 1. The Morgan fingerprint density at radius 1 is 1.00 bits per heavy atom. The van der Waals surface area contributed by atoms with Gasteiger partial charge in [0.25, 0.3) is 0 Å². The first kappa shape index (κ1) is 26.6. The zero-order chi connectivity index (χ0) is 23.3. The summed E-state index contributed by atoms with van der Waals surface area (Å²) in [6, 6.07) is -3.26. The quantitative estimate of drug-likeness (QED) is 0.0753. The normalized spacial score (nSPS) is 13.3. The summed E-state index contributed by atoms with van der Waals surface area (Å²) in [5.74, 6) is -4.04. The first-order valence-electron chi connectivity index (χ1n) is 9.13. The van der Waals surface area contributed by atoms with Gasteiger partial charge in [-0.2, -0.15) is 0 Å². The lowest BCUT2D eigenvalue weighted by molar-refractivity contribution is -0.142. The summed E-state index contributed by atoms with van der Waals surface area (Å²) in [7, 11) is 0. The van der Waals surface area contributed by atoms with Crippen molar-refractivity contribution in [3.8, 4) is 0 Å². The molecule has 0 heterocycles. The molecule has 0 saturated heterocycles. The van der Waals surface area contributed by atoms with E-state index in [2.05, 4.69) is 20.9 Å². The number of nitrogens with one attached hydrogen (secondary N) is 3. The molecule has 3 atom stereocenters. The molecule has 3 unspecified atom stereocenters. The third kappa shape index (κ3) is 12.1. The number of nitrogens with two attached hydrogens (primary N) is 4. The molecule has 0 aromatic rings. The summed E-state index contributed by atoms with van der Waals surface area (Å²) in [4.78, 5) is 61.4. The van der Waals surface area contributed by atoms with Crippen LogP contribution in [0.4, 0.5) is 0 Å². The minimum atomic E-state index is -1.25. The van der Waals surface area contributed by atoms with E-state index in [4.69, 9.17) is 22.9 Å². The molecule has 12 N–H and O–H groups in total. The fourth-order valence-electron chi connectivity index (χ4n) is 2.14. The molecule has 0 aromatic carbocycles. The molecule has 30 heavy (non-hydrogen) atoms. The van der Waals surface area contributed by atoms with Gasteiger partial charge < -0.3 is 44.0 Å². The van der Waals surface area contributed by atoms with E-state index in [1.54, 1.807) is 0 Å². The van der Waals surface area contributed by atoms with Gasteiger partial charge in [-0.25, -0.2) is 4.79 Å². The highest BCUT2D eigenvalue weighted by atomic mass is 16.4. The van der Waals surface area contributed by atoms with Crippen LogP contribution in [-0.2, 0) is 24.0 Å². The molecular weight excluding hydrogens is 400 g/mol. The van der Waals surface area contributed by atoms with Crippen molar-refractivity contribution in [2.24, 2.45) is 27.9 Å². The number of hydrogen-bond donors (Lipinski definition) is 8.